The van der Waals surface area contributed by atoms with Crippen molar-refractivity contribution in [1.29, 1.82) is 0 Å². The largest absolute Gasteiger partial charge is 0.293 e. The average molecular weight is 236 g/mol. The molecule has 0 atom stereocenters. The molecule has 2 heterocycles. The van der Waals surface area contributed by atoms with Gasteiger partial charge in [-0.3, -0.25) is 4.79 Å². The van der Waals surface area contributed by atoms with Gasteiger partial charge in [0.1, 0.15) is 10.7 Å². The Hall–Kier alpha value is -1.07. The van der Waals surface area contributed by atoms with E-state index in [1.54, 1.807) is 16.8 Å². The number of hydrogen-bond donors (Lipinski definition) is 0. The minimum Gasteiger partial charge on any atom is -0.293 e. The molecule has 2 aromatic rings. The van der Waals surface area contributed by atoms with Gasteiger partial charge in [0.15, 0.2) is 5.78 Å². The SMILES string of the molecule is O=C1CCCc2nc(-c3cscn3)sc21. The lowest BCUT2D eigenvalue weighted by Gasteiger charge is -2.06. The van der Waals surface area contributed by atoms with Crippen LogP contribution in [0.4, 0.5) is 0 Å². The molecule has 2 aromatic heterocycles. The molecule has 0 aromatic carbocycles. The van der Waals surface area contributed by atoms with Crippen molar-refractivity contribution in [2.24, 2.45) is 0 Å². The Morgan fingerprint density at radius 1 is 1.33 bits per heavy atom. The number of fused-ring (bicyclic) bond motifs is 1. The first-order valence-electron chi connectivity index (χ1n) is 4.76. The minimum absolute atomic E-state index is 0.246. The molecule has 0 fully saturated rings. The maximum Gasteiger partial charge on any atom is 0.174 e. The van der Waals surface area contributed by atoms with E-state index >= 15 is 0 Å². The molecule has 0 N–H and O–H groups in total. The fraction of sp³-hybridized carbons (Fsp3) is 0.300. The van der Waals surface area contributed by atoms with Crippen LogP contribution in [0.25, 0.3) is 10.7 Å². The van der Waals surface area contributed by atoms with Crippen molar-refractivity contribution in [2.45, 2.75) is 19.3 Å². The fourth-order valence-corrected chi connectivity index (χ4v) is 3.35. The smallest absolute Gasteiger partial charge is 0.174 e. The highest BCUT2D eigenvalue weighted by molar-refractivity contribution is 7.17. The molecule has 5 heteroatoms. The molecule has 0 amide bonds. The molecule has 0 aliphatic heterocycles. The van der Waals surface area contributed by atoms with Crippen LogP contribution in [0.15, 0.2) is 10.9 Å². The van der Waals surface area contributed by atoms with Crippen LogP contribution in [0, 0.1) is 0 Å². The van der Waals surface area contributed by atoms with Crippen molar-refractivity contribution in [3.05, 3.63) is 21.5 Å². The number of aryl methyl sites for hydroxylation is 1. The van der Waals surface area contributed by atoms with Crippen LogP contribution in [0.3, 0.4) is 0 Å². The second-order valence-electron chi connectivity index (χ2n) is 3.45. The first-order valence-corrected chi connectivity index (χ1v) is 6.52. The highest BCUT2D eigenvalue weighted by Gasteiger charge is 2.22. The van der Waals surface area contributed by atoms with Gasteiger partial charge in [-0.15, -0.1) is 22.7 Å². The van der Waals surface area contributed by atoms with E-state index in [4.69, 9.17) is 0 Å². The Morgan fingerprint density at radius 3 is 3.00 bits per heavy atom. The lowest BCUT2D eigenvalue weighted by molar-refractivity contribution is 0.0976. The van der Waals surface area contributed by atoms with E-state index in [-0.39, 0.29) is 5.78 Å². The molecule has 15 heavy (non-hydrogen) atoms. The zero-order chi connectivity index (χ0) is 10.3. The molecule has 0 unspecified atom stereocenters. The number of aromatic nitrogens is 2. The predicted octanol–water partition coefficient (Wildman–Crippen LogP) is 2.79. The Balaban J connectivity index is 2.09. The quantitative estimate of drug-likeness (QED) is 0.764. The summed E-state index contributed by atoms with van der Waals surface area (Å²) in [5.74, 6) is 0.246. The van der Waals surface area contributed by atoms with Crippen molar-refractivity contribution >= 4 is 28.5 Å². The standard InChI is InChI=1S/C10H8N2OS2/c13-8-3-1-2-6-9(8)15-10(12-6)7-4-14-5-11-7/h4-5H,1-3H2. The van der Waals surface area contributed by atoms with Crippen LogP contribution in [0.2, 0.25) is 0 Å². The van der Waals surface area contributed by atoms with Crippen molar-refractivity contribution in [2.75, 3.05) is 0 Å². The Kier molecular flexibility index (Phi) is 2.14. The maximum atomic E-state index is 11.6. The van der Waals surface area contributed by atoms with E-state index in [1.165, 1.54) is 11.3 Å². The fourth-order valence-electron chi connectivity index (χ4n) is 1.70. The number of carbonyl (C=O) groups is 1. The van der Waals surface area contributed by atoms with Gasteiger partial charge in [-0.05, 0) is 12.8 Å². The van der Waals surface area contributed by atoms with Crippen LogP contribution in [0.1, 0.15) is 28.2 Å². The van der Waals surface area contributed by atoms with Gasteiger partial charge in [-0.2, -0.15) is 0 Å². The zero-order valence-electron chi connectivity index (χ0n) is 7.90. The van der Waals surface area contributed by atoms with Gasteiger partial charge >= 0.3 is 0 Å². The van der Waals surface area contributed by atoms with Gasteiger partial charge in [0.05, 0.1) is 16.1 Å². The second kappa shape index (κ2) is 3.50. The van der Waals surface area contributed by atoms with Crippen LogP contribution in [0.5, 0.6) is 0 Å². The van der Waals surface area contributed by atoms with Crippen LogP contribution >= 0.6 is 22.7 Å². The molecule has 0 saturated carbocycles. The summed E-state index contributed by atoms with van der Waals surface area (Å²) in [4.78, 5) is 21.2. The molecular formula is C10H8N2OS2. The second-order valence-corrected chi connectivity index (χ2v) is 5.16. The molecule has 1 aliphatic carbocycles. The van der Waals surface area contributed by atoms with Crippen molar-refractivity contribution in [3.63, 3.8) is 0 Å². The van der Waals surface area contributed by atoms with Crippen molar-refractivity contribution < 1.29 is 4.79 Å². The van der Waals surface area contributed by atoms with Crippen LogP contribution in [-0.4, -0.2) is 15.8 Å². The van der Waals surface area contributed by atoms with E-state index in [0.29, 0.717) is 6.42 Å². The van der Waals surface area contributed by atoms with Crippen LogP contribution < -0.4 is 0 Å². The summed E-state index contributed by atoms with van der Waals surface area (Å²) in [7, 11) is 0. The first kappa shape index (κ1) is 9.18. The van der Waals surface area contributed by atoms with Gasteiger partial charge in [-0.25, -0.2) is 9.97 Å². The van der Waals surface area contributed by atoms with E-state index < -0.39 is 0 Å². The third-order valence-corrected chi connectivity index (χ3v) is 4.17. The Bertz CT molecular complexity index is 501. The molecule has 3 nitrogen and oxygen atoms in total. The van der Waals surface area contributed by atoms with Gasteiger partial charge in [0.25, 0.3) is 0 Å². The van der Waals surface area contributed by atoms with Gasteiger partial charge in [0.2, 0.25) is 0 Å². The number of nitrogens with zero attached hydrogens (tertiary/aromatic N) is 2. The third-order valence-electron chi connectivity index (χ3n) is 2.42. The molecule has 1 aliphatic rings. The van der Waals surface area contributed by atoms with Gasteiger partial charge in [-0.1, -0.05) is 0 Å². The van der Waals surface area contributed by atoms with Crippen molar-refractivity contribution in [1.82, 2.24) is 9.97 Å². The monoisotopic (exact) mass is 236 g/mol. The highest BCUT2D eigenvalue weighted by atomic mass is 32.1. The lowest BCUT2D eigenvalue weighted by atomic mass is 10.0. The zero-order valence-corrected chi connectivity index (χ0v) is 9.53. The molecular weight excluding hydrogens is 228 g/mol. The normalized spacial score (nSPS) is 15.3. The van der Waals surface area contributed by atoms with Crippen LogP contribution in [-0.2, 0) is 6.42 Å². The topological polar surface area (TPSA) is 42.9 Å². The first-order chi connectivity index (χ1) is 7.34. The number of carbonyl (C=O) groups excluding carboxylic acids is 1. The van der Waals surface area contributed by atoms with E-state index in [1.807, 2.05) is 5.38 Å². The third kappa shape index (κ3) is 1.52. The lowest BCUT2D eigenvalue weighted by Crippen LogP contribution is -2.07. The summed E-state index contributed by atoms with van der Waals surface area (Å²) in [6.07, 6.45) is 2.54. The molecule has 0 bridgehead atoms. The number of thiazole rings is 2. The van der Waals surface area contributed by atoms with Crippen molar-refractivity contribution in [3.8, 4) is 10.7 Å². The molecule has 76 valence electrons. The average Bonchev–Trinajstić information content (AvgIpc) is 2.86. The Labute approximate surface area is 94.8 Å². The summed E-state index contributed by atoms with van der Waals surface area (Å²) in [5, 5.41) is 2.85. The summed E-state index contributed by atoms with van der Waals surface area (Å²) < 4.78 is 0. The maximum absolute atomic E-state index is 11.6. The number of rotatable bonds is 1. The van der Waals surface area contributed by atoms with Gasteiger partial charge in [0, 0.05) is 11.8 Å². The minimum atomic E-state index is 0.246. The predicted molar refractivity (Wildman–Crippen MR) is 60.5 cm³/mol. The van der Waals surface area contributed by atoms with E-state index in [9.17, 15) is 4.79 Å². The summed E-state index contributed by atoms with van der Waals surface area (Å²) in [6, 6.07) is 0. The van der Waals surface area contributed by atoms with Gasteiger partial charge < -0.3 is 0 Å². The number of Topliss-reactive ketones (excluding diaryl/α,β-unsaturated/α-hetero) is 1. The number of hydrogen-bond acceptors (Lipinski definition) is 5. The molecule has 3 rings (SSSR count). The summed E-state index contributed by atoms with van der Waals surface area (Å²) in [5.41, 5.74) is 3.66. The molecule has 0 spiro atoms. The summed E-state index contributed by atoms with van der Waals surface area (Å²) >= 11 is 3.04. The Morgan fingerprint density at radius 2 is 2.27 bits per heavy atom. The van der Waals surface area contributed by atoms with E-state index in [2.05, 4.69) is 9.97 Å². The summed E-state index contributed by atoms with van der Waals surface area (Å²) in [6.45, 7) is 0. The van der Waals surface area contributed by atoms with E-state index in [0.717, 1.165) is 34.1 Å². The molecule has 0 radical (unpaired) electrons. The molecule has 0 saturated heterocycles. The number of ketones is 1. The highest BCUT2D eigenvalue weighted by Crippen LogP contribution is 2.32.